The summed E-state index contributed by atoms with van der Waals surface area (Å²) in [4.78, 5) is 1.98. The summed E-state index contributed by atoms with van der Waals surface area (Å²) in [7, 11) is 5.52. The molecule has 0 saturated carbocycles. The molecule has 4 heteroatoms. The molecule has 0 spiro atoms. The van der Waals surface area contributed by atoms with Gasteiger partial charge in [0.1, 0.15) is 5.75 Å². The molecule has 0 bridgehead atoms. The van der Waals surface area contributed by atoms with Crippen molar-refractivity contribution in [3.63, 3.8) is 0 Å². The lowest BCUT2D eigenvalue weighted by atomic mass is 10.1. The fourth-order valence-electron chi connectivity index (χ4n) is 1.38. The van der Waals surface area contributed by atoms with Crippen molar-refractivity contribution >= 4 is 5.69 Å². The van der Waals surface area contributed by atoms with Crippen molar-refractivity contribution in [2.24, 2.45) is 5.73 Å². The van der Waals surface area contributed by atoms with E-state index in [2.05, 4.69) is 0 Å². The molecule has 1 aromatic rings. The van der Waals surface area contributed by atoms with Crippen LogP contribution in [0, 0.1) is 0 Å². The predicted molar refractivity (Wildman–Crippen MR) is 61.3 cm³/mol. The standard InChI is InChI=1S/C11H18N2O2/c1-13(2)8-4-5-9(10(12)7-14)11(6-8)15-3/h4-6,10,14H,7,12H2,1-3H3/t10-/m0/s1. The van der Waals surface area contributed by atoms with Crippen LogP contribution in [-0.2, 0) is 0 Å². The van der Waals surface area contributed by atoms with E-state index in [-0.39, 0.29) is 6.61 Å². The minimum atomic E-state index is -0.392. The van der Waals surface area contributed by atoms with E-state index in [0.29, 0.717) is 5.75 Å². The van der Waals surface area contributed by atoms with Gasteiger partial charge in [0.2, 0.25) is 0 Å². The normalized spacial score (nSPS) is 12.3. The summed E-state index contributed by atoms with van der Waals surface area (Å²) in [6.07, 6.45) is 0. The van der Waals surface area contributed by atoms with Gasteiger partial charge in [0.05, 0.1) is 19.8 Å². The van der Waals surface area contributed by atoms with Crippen molar-refractivity contribution < 1.29 is 9.84 Å². The summed E-state index contributed by atoms with van der Waals surface area (Å²) in [5, 5.41) is 9.00. The van der Waals surface area contributed by atoms with Crippen LogP contribution >= 0.6 is 0 Å². The summed E-state index contributed by atoms with van der Waals surface area (Å²) >= 11 is 0. The summed E-state index contributed by atoms with van der Waals surface area (Å²) in [6, 6.07) is 5.35. The maximum atomic E-state index is 9.00. The van der Waals surface area contributed by atoms with Crippen LogP contribution in [0.15, 0.2) is 18.2 Å². The van der Waals surface area contributed by atoms with Crippen molar-refractivity contribution in [2.75, 3.05) is 32.7 Å². The van der Waals surface area contributed by atoms with Crippen LogP contribution in [0.1, 0.15) is 11.6 Å². The second-order valence-electron chi connectivity index (χ2n) is 3.61. The number of aliphatic hydroxyl groups is 1. The van der Waals surface area contributed by atoms with Crippen molar-refractivity contribution in [1.29, 1.82) is 0 Å². The molecule has 0 aromatic heterocycles. The Morgan fingerprint density at radius 3 is 2.60 bits per heavy atom. The van der Waals surface area contributed by atoms with Crippen molar-refractivity contribution in [2.45, 2.75) is 6.04 Å². The molecule has 4 nitrogen and oxygen atoms in total. The largest absolute Gasteiger partial charge is 0.496 e. The van der Waals surface area contributed by atoms with Crippen LogP contribution in [0.3, 0.4) is 0 Å². The number of hydrogen-bond donors (Lipinski definition) is 2. The number of ether oxygens (including phenoxy) is 1. The number of anilines is 1. The first-order valence-electron chi connectivity index (χ1n) is 4.81. The second kappa shape index (κ2) is 5.00. The molecular formula is C11H18N2O2. The maximum Gasteiger partial charge on any atom is 0.125 e. The third-order valence-electron chi connectivity index (χ3n) is 2.33. The van der Waals surface area contributed by atoms with Crippen LogP contribution in [0.5, 0.6) is 5.75 Å². The van der Waals surface area contributed by atoms with Crippen LogP contribution in [0.4, 0.5) is 5.69 Å². The zero-order valence-electron chi connectivity index (χ0n) is 9.40. The number of nitrogens with two attached hydrogens (primary N) is 1. The van der Waals surface area contributed by atoms with Crippen LogP contribution in [-0.4, -0.2) is 32.9 Å². The first kappa shape index (κ1) is 11.8. The maximum absolute atomic E-state index is 9.00. The molecule has 84 valence electrons. The highest BCUT2D eigenvalue weighted by atomic mass is 16.5. The molecule has 0 saturated heterocycles. The molecule has 0 aliphatic rings. The molecular weight excluding hydrogens is 192 g/mol. The van der Waals surface area contributed by atoms with Crippen LogP contribution in [0.2, 0.25) is 0 Å². The van der Waals surface area contributed by atoms with Gasteiger partial charge in [0.25, 0.3) is 0 Å². The summed E-state index contributed by atoms with van der Waals surface area (Å²) in [5.74, 6) is 0.711. The topological polar surface area (TPSA) is 58.7 Å². The Kier molecular flexibility index (Phi) is 3.94. The summed E-state index contributed by atoms with van der Waals surface area (Å²) in [6.45, 7) is -0.0856. The zero-order valence-corrected chi connectivity index (χ0v) is 9.40. The van der Waals surface area contributed by atoms with E-state index in [0.717, 1.165) is 11.3 Å². The smallest absolute Gasteiger partial charge is 0.125 e. The minimum Gasteiger partial charge on any atom is -0.496 e. The second-order valence-corrected chi connectivity index (χ2v) is 3.61. The lowest BCUT2D eigenvalue weighted by Gasteiger charge is -2.18. The Balaban J connectivity index is 3.09. The fourth-order valence-corrected chi connectivity index (χ4v) is 1.38. The molecule has 0 fully saturated rings. The number of nitrogens with zero attached hydrogens (tertiary/aromatic N) is 1. The van der Waals surface area contributed by atoms with E-state index < -0.39 is 6.04 Å². The fraction of sp³-hybridized carbons (Fsp3) is 0.455. The molecule has 3 N–H and O–H groups in total. The van der Waals surface area contributed by atoms with Gasteiger partial charge in [-0.15, -0.1) is 0 Å². The number of hydrogen-bond acceptors (Lipinski definition) is 4. The molecule has 0 radical (unpaired) electrons. The first-order chi connectivity index (χ1) is 7.10. The average Bonchev–Trinajstić information content (AvgIpc) is 2.27. The summed E-state index contributed by atoms with van der Waals surface area (Å²) in [5.41, 5.74) is 7.62. The molecule has 15 heavy (non-hydrogen) atoms. The van der Waals surface area contributed by atoms with Gasteiger partial charge in [-0.3, -0.25) is 0 Å². The average molecular weight is 210 g/mol. The molecule has 0 unspecified atom stereocenters. The van der Waals surface area contributed by atoms with Crippen LogP contribution < -0.4 is 15.4 Å². The Labute approximate surface area is 90.3 Å². The molecule has 0 amide bonds. The van der Waals surface area contributed by atoms with Gasteiger partial charge in [-0.2, -0.15) is 0 Å². The van der Waals surface area contributed by atoms with Gasteiger partial charge in [-0.1, -0.05) is 6.07 Å². The van der Waals surface area contributed by atoms with E-state index in [1.54, 1.807) is 7.11 Å². The van der Waals surface area contributed by atoms with Crippen molar-refractivity contribution in [3.05, 3.63) is 23.8 Å². The minimum absolute atomic E-state index is 0.0856. The number of rotatable bonds is 4. The molecule has 1 aromatic carbocycles. The Bertz CT molecular complexity index is 326. The van der Waals surface area contributed by atoms with E-state index in [9.17, 15) is 0 Å². The van der Waals surface area contributed by atoms with Gasteiger partial charge in [0, 0.05) is 31.4 Å². The monoisotopic (exact) mass is 210 g/mol. The molecule has 1 atom stereocenters. The number of methoxy groups -OCH3 is 1. The highest BCUT2D eigenvalue weighted by molar-refractivity contribution is 5.53. The van der Waals surface area contributed by atoms with Gasteiger partial charge >= 0.3 is 0 Å². The van der Waals surface area contributed by atoms with Gasteiger partial charge in [0.15, 0.2) is 0 Å². The van der Waals surface area contributed by atoms with E-state index in [1.807, 2.05) is 37.2 Å². The molecule has 0 aliphatic carbocycles. The lowest BCUT2D eigenvalue weighted by molar-refractivity contribution is 0.264. The van der Waals surface area contributed by atoms with Gasteiger partial charge < -0.3 is 20.5 Å². The third-order valence-corrected chi connectivity index (χ3v) is 2.33. The van der Waals surface area contributed by atoms with E-state index >= 15 is 0 Å². The van der Waals surface area contributed by atoms with Gasteiger partial charge in [-0.25, -0.2) is 0 Å². The van der Waals surface area contributed by atoms with E-state index in [1.165, 1.54) is 0 Å². The number of benzene rings is 1. The van der Waals surface area contributed by atoms with Gasteiger partial charge in [-0.05, 0) is 6.07 Å². The Hall–Kier alpha value is -1.26. The third kappa shape index (κ3) is 2.61. The van der Waals surface area contributed by atoms with E-state index in [4.69, 9.17) is 15.6 Å². The molecule has 0 aliphatic heterocycles. The Morgan fingerprint density at radius 2 is 2.13 bits per heavy atom. The predicted octanol–water partition coefficient (Wildman–Crippen LogP) is 0.753. The van der Waals surface area contributed by atoms with Crippen LogP contribution in [0.25, 0.3) is 0 Å². The summed E-state index contributed by atoms with van der Waals surface area (Å²) < 4.78 is 5.24. The zero-order chi connectivity index (χ0) is 11.4. The lowest BCUT2D eigenvalue weighted by Crippen LogP contribution is -2.16. The van der Waals surface area contributed by atoms with Crippen molar-refractivity contribution in [1.82, 2.24) is 0 Å². The molecule has 0 heterocycles. The quantitative estimate of drug-likeness (QED) is 0.770. The first-order valence-corrected chi connectivity index (χ1v) is 4.81. The molecule has 1 rings (SSSR count). The SMILES string of the molecule is COc1cc(N(C)C)ccc1[C@@H](N)CO. The highest BCUT2D eigenvalue weighted by Crippen LogP contribution is 2.28. The Morgan fingerprint density at radius 1 is 1.47 bits per heavy atom. The number of aliphatic hydroxyl groups excluding tert-OH is 1. The van der Waals surface area contributed by atoms with Crippen molar-refractivity contribution in [3.8, 4) is 5.75 Å². The highest BCUT2D eigenvalue weighted by Gasteiger charge is 2.11.